The van der Waals surface area contributed by atoms with Gasteiger partial charge in [-0.2, -0.15) is 0 Å². The Kier molecular flexibility index (Phi) is 2.53. The molecule has 1 aromatic heterocycles. The van der Waals surface area contributed by atoms with Gasteiger partial charge in [0.15, 0.2) is 11.4 Å². The van der Waals surface area contributed by atoms with Crippen LogP contribution in [-0.2, 0) is 12.6 Å². The third kappa shape index (κ3) is 1.39. The van der Waals surface area contributed by atoms with Crippen LogP contribution >= 0.6 is 11.6 Å². The van der Waals surface area contributed by atoms with Crippen molar-refractivity contribution in [3.05, 3.63) is 65.4 Å². The first-order chi connectivity index (χ1) is 11.5. The molecule has 118 valence electrons. The third-order valence-corrected chi connectivity index (χ3v) is 5.60. The van der Waals surface area contributed by atoms with Crippen molar-refractivity contribution < 1.29 is 9.90 Å². The van der Waals surface area contributed by atoms with Crippen LogP contribution in [0.15, 0.2) is 53.5 Å². The van der Waals surface area contributed by atoms with Crippen molar-refractivity contribution in [2.75, 3.05) is 0 Å². The number of aliphatic imine (C=N–C) groups is 1. The molecule has 0 saturated carbocycles. The van der Waals surface area contributed by atoms with Gasteiger partial charge in [0.2, 0.25) is 0 Å². The average molecular weight is 337 g/mol. The van der Waals surface area contributed by atoms with E-state index in [1.807, 2.05) is 54.1 Å². The molecule has 0 fully saturated rings. The summed E-state index contributed by atoms with van der Waals surface area (Å²) in [6.07, 6.45) is 0. The summed E-state index contributed by atoms with van der Waals surface area (Å²) in [5.41, 5.74) is 2.22. The molecule has 1 aliphatic heterocycles. The summed E-state index contributed by atoms with van der Waals surface area (Å²) in [4.78, 5) is 17.7. The highest BCUT2D eigenvalue weighted by atomic mass is 35.5. The summed E-state index contributed by atoms with van der Waals surface area (Å²) >= 11 is 6.48. The number of carbonyl (C=O) groups excluding carboxylic acids is 1. The van der Waals surface area contributed by atoms with E-state index in [4.69, 9.17) is 11.6 Å². The first-order valence-corrected chi connectivity index (χ1v) is 8.16. The number of aryl methyl sites for hydroxylation is 1. The smallest absolute Gasteiger partial charge is 0.187 e. The largest absolute Gasteiger partial charge is 0.377 e. The Bertz CT molecular complexity index is 1080. The predicted octanol–water partition coefficient (Wildman–Crippen LogP) is 3.30. The second kappa shape index (κ2) is 4.35. The van der Waals surface area contributed by atoms with Crippen LogP contribution in [0.3, 0.4) is 0 Å². The van der Waals surface area contributed by atoms with Crippen LogP contribution in [0.5, 0.6) is 0 Å². The fraction of sp³-hybridized carbons (Fsp3) is 0.158. The van der Waals surface area contributed by atoms with Gasteiger partial charge in [-0.05, 0) is 12.1 Å². The summed E-state index contributed by atoms with van der Waals surface area (Å²) in [6.45, 7) is 0. The van der Waals surface area contributed by atoms with E-state index in [0.29, 0.717) is 28.2 Å². The maximum absolute atomic E-state index is 13.0. The molecule has 0 unspecified atom stereocenters. The summed E-state index contributed by atoms with van der Waals surface area (Å²) in [7, 11) is 1.88. The molecule has 5 heteroatoms. The van der Waals surface area contributed by atoms with E-state index >= 15 is 0 Å². The van der Waals surface area contributed by atoms with Crippen LogP contribution in [-0.4, -0.2) is 26.5 Å². The van der Waals surface area contributed by atoms with Crippen LogP contribution in [0.2, 0.25) is 0 Å². The van der Waals surface area contributed by atoms with Gasteiger partial charge in [0, 0.05) is 23.5 Å². The highest BCUT2D eigenvalue weighted by molar-refractivity contribution is 6.43. The quantitative estimate of drug-likeness (QED) is 0.640. The zero-order chi connectivity index (χ0) is 16.6. The first kappa shape index (κ1) is 14.0. The number of aliphatic hydroxyl groups is 1. The van der Waals surface area contributed by atoms with Crippen molar-refractivity contribution in [3.8, 4) is 0 Å². The lowest BCUT2D eigenvalue weighted by Crippen LogP contribution is -2.50. The number of hydrogen-bond donors (Lipinski definition) is 1. The Morgan fingerprint density at radius 2 is 1.88 bits per heavy atom. The zero-order valence-electron chi connectivity index (χ0n) is 12.8. The Morgan fingerprint density at radius 1 is 1.17 bits per heavy atom. The molecule has 4 nitrogen and oxygen atoms in total. The van der Waals surface area contributed by atoms with Gasteiger partial charge in [-0.15, -0.1) is 11.6 Å². The number of hydrogen-bond acceptors (Lipinski definition) is 3. The Morgan fingerprint density at radius 3 is 2.71 bits per heavy atom. The highest BCUT2D eigenvalue weighted by Crippen LogP contribution is 2.49. The third-order valence-electron chi connectivity index (χ3n) is 5.08. The van der Waals surface area contributed by atoms with Gasteiger partial charge in [-0.1, -0.05) is 36.4 Å². The molecule has 0 radical (unpaired) electrons. The van der Waals surface area contributed by atoms with E-state index in [2.05, 4.69) is 4.99 Å². The lowest BCUT2D eigenvalue weighted by atomic mass is 9.77. The van der Waals surface area contributed by atoms with Crippen molar-refractivity contribution in [2.45, 2.75) is 11.0 Å². The minimum absolute atomic E-state index is 0.262. The molecule has 1 N–H and O–H groups in total. The van der Waals surface area contributed by atoms with Gasteiger partial charge >= 0.3 is 0 Å². The summed E-state index contributed by atoms with van der Waals surface area (Å²) in [6, 6.07) is 15.0. The number of halogens is 1. The number of Topliss-reactive ketones (excluding diaryl/α,β-unsaturated/α-hetero) is 1. The van der Waals surface area contributed by atoms with E-state index in [-0.39, 0.29) is 5.78 Å². The molecule has 0 bridgehead atoms. The van der Waals surface area contributed by atoms with Gasteiger partial charge < -0.3 is 9.67 Å². The summed E-state index contributed by atoms with van der Waals surface area (Å²) < 4.78 is 1.92. The fourth-order valence-corrected chi connectivity index (χ4v) is 4.28. The zero-order valence-corrected chi connectivity index (χ0v) is 13.6. The van der Waals surface area contributed by atoms with Crippen molar-refractivity contribution in [1.82, 2.24) is 4.57 Å². The SMILES string of the molecule is Cn1c2c(c3ccccc31)C(=O)[C@H](Cl)[C@]1(O)C2=Nc2ccccc21. The van der Waals surface area contributed by atoms with Gasteiger partial charge in [-0.25, -0.2) is 4.99 Å². The Balaban J connectivity index is 1.94. The predicted molar refractivity (Wildman–Crippen MR) is 93.4 cm³/mol. The van der Waals surface area contributed by atoms with Gasteiger partial charge in [0.25, 0.3) is 0 Å². The molecule has 2 heterocycles. The number of ketones is 1. The second-order valence-electron chi connectivity index (χ2n) is 6.27. The molecule has 2 aliphatic rings. The second-order valence-corrected chi connectivity index (χ2v) is 6.71. The molecule has 0 amide bonds. The summed E-state index contributed by atoms with van der Waals surface area (Å²) in [5.74, 6) is -0.262. The number of fused-ring (bicyclic) bond motifs is 7. The monoisotopic (exact) mass is 336 g/mol. The number of nitrogens with zero attached hydrogens (tertiary/aromatic N) is 2. The van der Waals surface area contributed by atoms with E-state index < -0.39 is 11.0 Å². The standard InChI is InChI=1S/C19H13ClN2O2/c1-22-13-9-5-2-6-10(13)14-15(22)18-19(24,17(20)16(14)23)11-7-3-4-8-12(11)21-18/h2-9,17,24H,1H3/t17-,19-/m0/s1. The van der Waals surface area contributed by atoms with Crippen LogP contribution in [0, 0.1) is 0 Å². The van der Waals surface area contributed by atoms with Crippen LogP contribution in [0.1, 0.15) is 21.6 Å². The van der Waals surface area contributed by atoms with Crippen molar-refractivity contribution in [2.24, 2.45) is 12.0 Å². The minimum atomic E-state index is -1.59. The normalized spacial score (nSPS) is 24.5. The van der Waals surface area contributed by atoms with Crippen LogP contribution in [0.25, 0.3) is 10.9 Å². The van der Waals surface area contributed by atoms with Gasteiger partial charge in [0.05, 0.1) is 16.9 Å². The molecule has 24 heavy (non-hydrogen) atoms. The lowest BCUT2D eigenvalue weighted by Gasteiger charge is -2.34. The van der Waals surface area contributed by atoms with Crippen molar-refractivity contribution in [1.29, 1.82) is 0 Å². The molecule has 3 aromatic rings. The minimum Gasteiger partial charge on any atom is -0.377 e. The van der Waals surface area contributed by atoms with E-state index in [9.17, 15) is 9.90 Å². The number of benzene rings is 2. The Hall–Kier alpha value is -2.43. The maximum Gasteiger partial charge on any atom is 0.187 e. The van der Waals surface area contributed by atoms with Crippen molar-refractivity contribution >= 4 is 39.7 Å². The van der Waals surface area contributed by atoms with Gasteiger partial charge in [0.1, 0.15) is 11.1 Å². The van der Waals surface area contributed by atoms with Crippen molar-refractivity contribution in [3.63, 3.8) is 0 Å². The van der Waals surface area contributed by atoms with Crippen LogP contribution < -0.4 is 0 Å². The topological polar surface area (TPSA) is 54.6 Å². The Labute approximate surface area is 143 Å². The molecule has 0 spiro atoms. The molecule has 5 rings (SSSR count). The highest BCUT2D eigenvalue weighted by Gasteiger charge is 2.56. The lowest BCUT2D eigenvalue weighted by molar-refractivity contribution is 0.0745. The molecule has 2 aromatic carbocycles. The summed E-state index contributed by atoms with van der Waals surface area (Å²) in [5, 5.41) is 11.1. The van der Waals surface area contributed by atoms with E-state index in [1.165, 1.54) is 0 Å². The number of alkyl halides is 1. The molecular weight excluding hydrogens is 324 g/mol. The van der Waals surface area contributed by atoms with E-state index in [0.717, 1.165) is 10.9 Å². The number of aromatic nitrogens is 1. The molecule has 2 atom stereocenters. The fourth-order valence-electron chi connectivity index (χ4n) is 3.95. The van der Waals surface area contributed by atoms with Gasteiger partial charge in [-0.3, -0.25) is 4.79 Å². The average Bonchev–Trinajstić information content (AvgIpc) is 3.07. The number of para-hydroxylation sites is 2. The maximum atomic E-state index is 13.0. The number of carbonyl (C=O) groups is 1. The molecular formula is C19H13ClN2O2. The van der Waals surface area contributed by atoms with Crippen LogP contribution in [0.4, 0.5) is 5.69 Å². The van der Waals surface area contributed by atoms with E-state index in [1.54, 1.807) is 6.07 Å². The molecule has 1 aliphatic carbocycles. The first-order valence-electron chi connectivity index (χ1n) is 7.72. The molecule has 0 saturated heterocycles. The number of rotatable bonds is 0.